The number of nitrogens with two attached hydrogens (primary N) is 1. The molecule has 0 aliphatic rings. The van der Waals surface area contributed by atoms with Gasteiger partial charge in [-0.2, -0.15) is 10.2 Å². The average Bonchev–Trinajstić information content (AvgIpc) is 3.09. The maximum absolute atomic E-state index is 5.67. The number of nitrogen functional groups attached to an aromatic ring is 1. The van der Waals surface area contributed by atoms with E-state index in [4.69, 9.17) is 5.73 Å². The summed E-state index contributed by atoms with van der Waals surface area (Å²) in [6, 6.07) is 7.54. The number of anilines is 1. The second kappa shape index (κ2) is 5.16. The normalized spacial score (nSPS) is 10.8. The van der Waals surface area contributed by atoms with Gasteiger partial charge in [0.15, 0.2) is 5.82 Å². The molecule has 20 heavy (non-hydrogen) atoms. The van der Waals surface area contributed by atoms with Crippen LogP contribution >= 0.6 is 0 Å². The molecule has 2 N–H and O–H groups in total. The summed E-state index contributed by atoms with van der Waals surface area (Å²) >= 11 is 0. The van der Waals surface area contributed by atoms with Crippen molar-refractivity contribution < 1.29 is 0 Å². The highest BCUT2D eigenvalue weighted by Crippen LogP contribution is 2.16. The van der Waals surface area contributed by atoms with E-state index in [-0.39, 0.29) is 0 Å². The molecule has 0 unspecified atom stereocenters. The Labute approximate surface area is 116 Å². The molecule has 0 fully saturated rings. The third-order valence-electron chi connectivity index (χ3n) is 3.06. The highest BCUT2D eigenvalue weighted by atomic mass is 15.3. The molecule has 0 radical (unpaired) electrons. The predicted molar refractivity (Wildman–Crippen MR) is 76.9 cm³/mol. The van der Waals surface area contributed by atoms with Gasteiger partial charge in [0.2, 0.25) is 0 Å². The van der Waals surface area contributed by atoms with Crippen molar-refractivity contribution in [2.24, 2.45) is 0 Å². The van der Waals surface area contributed by atoms with E-state index < -0.39 is 0 Å². The summed E-state index contributed by atoms with van der Waals surface area (Å²) in [4.78, 5) is 4.32. The maximum Gasteiger partial charge on any atom is 0.181 e. The molecule has 6 nitrogen and oxygen atoms in total. The van der Waals surface area contributed by atoms with Crippen molar-refractivity contribution in [1.29, 1.82) is 0 Å². The predicted octanol–water partition coefficient (Wildman–Crippen LogP) is 1.79. The van der Waals surface area contributed by atoms with Crippen LogP contribution in [0.3, 0.4) is 0 Å². The largest absolute Gasteiger partial charge is 0.399 e. The molecule has 0 atom stereocenters. The molecular weight excluding hydrogens is 252 g/mol. The zero-order valence-electron chi connectivity index (χ0n) is 11.3. The van der Waals surface area contributed by atoms with Crippen molar-refractivity contribution in [3.63, 3.8) is 0 Å². The smallest absolute Gasteiger partial charge is 0.181 e. The maximum atomic E-state index is 5.67. The van der Waals surface area contributed by atoms with Crippen LogP contribution in [0.2, 0.25) is 0 Å². The van der Waals surface area contributed by atoms with Gasteiger partial charge in [-0.05, 0) is 31.2 Å². The molecule has 2 heterocycles. The van der Waals surface area contributed by atoms with Gasteiger partial charge in [0.1, 0.15) is 6.33 Å². The Kier molecular flexibility index (Phi) is 3.20. The van der Waals surface area contributed by atoms with Crippen molar-refractivity contribution >= 4 is 5.69 Å². The zero-order valence-corrected chi connectivity index (χ0v) is 11.3. The standard InChI is InChI=1S/C14H16N6/c1-2-19-8-11(7-17-19)9-20-10-16-14(18-20)12-3-5-13(15)6-4-12/h3-8,10H,2,9,15H2,1H3. The SMILES string of the molecule is CCn1cc(Cn2cnc(-c3ccc(N)cc3)n2)cn1. The second-order valence-corrected chi connectivity index (χ2v) is 4.59. The van der Waals surface area contributed by atoms with E-state index in [2.05, 4.69) is 22.1 Å². The Balaban J connectivity index is 1.78. The Morgan fingerprint density at radius 1 is 1.15 bits per heavy atom. The fourth-order valence-corrected chi connectivity index (χ4v) is 1.98. The summed E-state index contributed by atoms with van der Waals surface area (Å²) in [5, 5.41) is 8.72. The third kappa shape index (κ3) is 2.54. The van der Waals surface area contributed by atoms with Gasteiger partial charge < -0.3 is 5.73 Å². The first-order valence-corrected chi connectivity index (χ1v) is 6.51. The van der Waals surface area contributed by atoms with E-state index >= 15 is 0 Å². The average molecular weight is 268 g/mol. The fraction of sp³-hybridized carbons (Fsp3) is 0.214. The summed E-state index contributed by atoms with van der Waals surface area (Å²) in [5.41, 5.74) is 8.48. The molecule has 3 aromatic rings. The van der Waals surface area contributed by atoms with E-state index in [1.807, 2.05) is 46.0 Å². The van der Waals surface area contributed by atoms with Crippen molar-refractivity contribution in [3.05, 3.63) is 48.5 Å². The van der Waals surface area contributed by atoms with Gasteiger partial charge in [-0.25, -0.2) is 9.67 Å². The van der Waals surface area contributed by atoms with Gasteiger partial charge in [-0.3, -0.25) is 4.68 Å². The number of aromatic nitrogens is 5. The first-order valence-electron chi connectivity index (χ1n) is 6.51. The quantitative estimate of drug-likeness (QED) is 0.732. The Morgan fingerprint density at radius 2 is 1.95 bits per heavy atom. The zero-order chi connectivity index (χ0) is 13.9. The van der Waals surface area contributed by atoms with E-state index in [0.717, 1.165) is 23.4 Å². The molecule has 0 aliphatic carbocycles. The van der Waals surface area contributed by atoms with Crippen LogP contribution < -0.4 is 5.73 Å². The summed E-state index contributed by atoms with van der Waals surface area (Å²) < 4.78 is 3.70. The highest BCUT2D eigenvalue weighted by Gasteiger charge is 2.05. The third-order valence-corrected chi connectivity index (χ3v) is 3.06. The lowest BCUT2D eigenvalue weighted by Crippen LogP contribution is -1.99. The Bertz CT molecular complexity index is 695. The van der Waals surface area contributed by atoms with Gasteiger partial charge in [0.05, 0.1) is 12.7 Å². The first kappa shape index (κ1) is 12.4. The van der Waals surface area contributed by atoms with Crippen molar-refractivity contribution in [2.75, 3.05) is 5.73 Å². The Hall–Kier alpha value is -2.63. The summed E-state index contributed by atoms with van der Waals surface area (Å²) in [6.07, 6.45) is 5.60. The summed E-state index contributed by atoms with van der Waals surface area (Å²) in [6.45, 7) is 3.60. The number of rotatable bonds is 4. The molecule has 0 saturated carbocycles. The number of hydrogen-bond acceptors (Lipinski definition) is 4. The highest BCUT2D eigenvalue weighted by molar-refractivity contribution is 5.57. The minimum Gasteiger partial charge on any atom is -0.399 e. The fourth-order valence-electron chi connectivity index (χ4n) is 1.98. The Morgan fingerprint density at radius 3 is 2.65 bits per heavy atom. The summed E-state index contributed by atoms with van der Waals surface area (Å²) in [5.74, 6) is 0.702. The summed E-state index contributed by atoms with van der Waals surface area (Å²) in [7, 11) is 0. The molecule has 0 amide bonds. The number of aryl methyl sites for hydroxylation is 1. The van der Waals surface area contributed by atoms with Crippen molar-refractivity contribution in [3.8, 4) is 11.4 Å². The van der Waals surface area contributed by atoms with E-state index in [9.17, 15) is 0 Å². The lowest BCUT2D eigenvalue weighted by Gasteiger charge is -1.98. The van der Waals surface area contributed by atoms with E-state index in [1.54, 1.807) is 6.33 Å². The van der Waals surface area contributed by atoms with Crippen molar-refractivity contribution in [1.82, 2.24) is 24.5 Å². The molecule has 6 heteroatoms. The molecule has 0 spiro atoms. The molecule has 1 aromatic carbocycles. The molecule has 102 valence electrons. The topological polar surface area (TPSA) is 74.5 Å². The number of nitrogens with zero attached hydrogens (tertiary/aromatic N) is 5. The monoisotopic (exact) mass is 268 g/mol. The van der Waals surface area contributed by atoms with Crippen LogP contribution in [0, 0.1) is 0 Å². The lowest BCUT2D eigenvalue weighted by molar-refractivity contribution is 0.654. The van der Waals surface area contributed by atoms with Crippen LogP contribution in [0.4, 0.5) is 5.69 Å². The molecule has 0 bridgehead atoms. The minimum atomic E-state index is 0.669. The van der Waals surface area contributed by atoms with Crippen LogP contribution in [0.5, 0.6) is 0 Å². The van der Waals surface area contributed by atoms with Crippen LogP contribution in [-0.4, -0.2) is 24.5 Å². The first-order chi connectivity index (χ1) is 9.74. The minimum absolute atomic E-state index is 0.669. The van der Waals surface area contributed by atoms with Crippen LogP contribution in [0.25, 0.3) is 11.4 Å². The van der Waals surface area contributed by atoms with Gasteiger partial charge >= 0.3 is 0 Å². The van der Waals surface area contributed by atoms with Crippen LogP contribution in [0.15, 0.2) is 43.0 Å². The van der Waals surface area contributed by atoms with Crippen LogP contribution in [0.1, 0.15) is 12.5 Å². The van der Waals surface area contributed by atoms with E-state index in [0.29, 0.717) is 12.4 Å². The number of benzene rings is 1. The van der Waals surface area contributed by atoms with Gasteiger partial charge in [-0.15, -0.1) is 0 Å². The van der Waals surface area contributed by atoms with Gasteiger partial charge in [0.25, 0.3) is 0 Å². The molecule has 2 aromatic heterocycles. The van der Waals surface area contributed by atoms with E-state index in [1.165, 1.54) is 0 Å². The van der Waals surface area contributed by atoms with Crippen LogP contribution in [-0.2, 0) is 13.1 Å². The molecular formula is C14H16N6. The molecule has 0 aliphatic heterocycles. The lowest BCUT2D eigenvalue weighted by atomic mass is 10.2. The second-order valence-electron chi connectivity index (χ2n) is 4.59. The van der Waals surface area contributed by atoms with Crippen molar-refractivity contribution in [2.45, 2.75) is 20.0 Å². The molecule has 3 rings (SSSR count). The molecule has 0 saturated heterocycles. The number of hydrogen-bond donors (Lipinski definition) is 1. The van der Waals surface area contributed by atoms with Gasteiger partial charge in [0, 0.05) is 29.6 Å². The van der Waals surface area contributed by atoms with Gasteiger partial charge in [-0.1, -0.05) is 0 Å².